The Morgan fingerprint density at radius 1 is 0.944 bits per heavy atom. The van der Waals surface area contributed by atoms with Crippen LogP contribution in [0.4, 0.5) is 4.39 Å². The first kappa shape index (κ1) is 25.1. The lowest BCUT2D eigenvalue weighted by atomic mass is 9.74. The van der Waals surface area contributed by atoms with Crippen LogP contribution in [0.1, 0.15) is 29.9 Å². The van der Waals surface area contributed by atoms with E-state index in [0.29, 0.717) is 24.6 Å². The number of benzene rings is 3. The highest BCUT2D eigenvalue weighted by atomic mass is 32.2. The van der Waals surface area contributed by atoms with E-state index in [-0.39, 0.29) is 23.8 Å². The van der Waals surface area contributed by atoms with Crippen molar-refractivity contribution in [3.05, 3.63) is 89.7 Å². The standard InChI is InChI=1S/C29H33FN2O3S/c1-21-8-3-4-11-28(21)36(33,34)31-16-5-6-17-32-26(19-31)29(27(32)20-35-2)23-14-12-22(13-15-23)24-9-7-10-25(30)18-24/h3-4,7-15,18,26-27,29H,5-6,16-17,19-20H2,1-2H3/t26-,27+,29?/m0/s1. The number of aryl methyl sites for hydroxylation is 1. The van der Waals surface area contributed by atoms with Gasteiger partial charge in [-0.3, -0.25) is 4.90 Å². The summed E-state index contributed by atoms with van der Waals surface area (Å²) < 4.78 is 48.4. The molecule has 5 nitrogen and oxygen atoms in total. The average molecular weight is 509 g/mol. The van der Waals surface area contributed by atoms with Gasteiger partial charge >= 0.3 is 0 Å². The molecule has 0 spiro atoms. The second-order valence-electron chi connectivity index (χ2n) is 9.82. The van der Waals surface area contributed by atoms with Gasteiger partial charge in [0, 0.05) is 38.2 Å². The van der Waals surface area contributed by atoms with Crippen LogP contribution in [-0.4, -0.2) is 63.1 Å². The maximum Gasteiger partial charge on any atom is 0.243 e. The summed E-state index contributed by atoms with van der Waals surface area (Å²) in [5, 5.41) is 0. The first-order valence-corrected chi connectivity index (χ1v) is 14.0. The molecule has 190 valence electrons. The van der Waals surface area contributed by atoms with Gasteiger partial charge in [0.1, 0.15) is 5.82 Å². The number of halogens is 1. The van der Waals surface area contributed by atoms with Crippen molar-refractivity contribution in [3.8, 4) is 11.1 Å². The van der Waals surface area contributed by atoms with Gasteiger partial charge in [-0.25, -0.2) is 12.8 Å². The van der Waals surface area contributed by atoms with Crippen LogP contribution in [0.15, 0.2) is 77.7 Å². The fraction of sp³-hybridized carbons (Fsp3) is 0.379. The summed E-state index contributed by atoms with van der Waals surface area (Å²) in [6.07, 6.45) is 1.78. The highest BCUT2D eigenvalue weighted by Crippen LogP contribution is 2.43. The molecule has 7 heteroatoms. The zero-order valence-corrected chi connectivity index (χ0v) is 21.6. The van der Waals surface area contributed by atoms with Gasteiger partial charge in [-0.2, -0.15) is 4.31 Å². The number of methoxy groups -OCH3 is 1. The van der Waals surface area contributed by atoms with Crippen molar-refractivity contribution in [3.63, 3.8) is 0 Å². The Morgan fingerprint density at radius 2 is 1.69 bits per heavy atom. The van der Waals surface area contributed by atoms with Crippen molar-refractivity contribution in [2.75, 3.05) is 33.4 Å². The second-order valence-corrected chi connectivity index (χ2v) is 11.7. The highest BCUT2D eigenvalue weighted by molar-refractivity contribution is 7.89. The summed E-state index contributed by atoms with van der Waals surface area (Å²) in [5.74, 6) is -0.102. The molecule has 0 radical (unpaired) electrons. The van der Waals surface area contributed by atoms with E-state index in [1.165, 1.54) is 12.1 Å². The maximum atomic E-state index is 13.7. The summed E-state index contributed by atoms with van der Waals surface area (Å²) in [7, 11) is -1.88. The molecule has 2 heterocycles. The number of fused-ring (bicyclic) bond motifs is 1. The Hall–Kier alpha value is -2.58. The van der Waals surface area contributed by atoms with Crippen LogP contribution in [0.2, 0.25) is 0 Å². The van der Waals surface area contributed by atoms with Gasteiger partial charge in [0.15, 0.2) is 0 Å². The van der Waals surface area contributed by atoms with Crippen LogP contribution < -0.4 is 0 Å². The second kappa shape index (κ2) is 10.4. The Morgan fingerprint density at radius 3 is 2.42 bits per heavy atom. The minimum Gasteiger partial charge on any atom is -0.383 e. The Bertz CT molecular complexity index is 1310. The third-order valence-corrected chi connectivity index (χ3v) is 9.67. The third-order valence-electron chi connectivity index (χ3n) is 7.65. The lowest BCUT2D eigenvalue weighted by Crippen LogP contribution is -2.68. The van der Waals surface area contributed by atoms with Crippen LogP contribution >= 0.6 is 0 Å². The molecule has 1 unspecified atom stereocenters. The van der Waals surface area contributed by atoms with Gasteiger partial charge in [0.25, 0.3) is 0 Å². The molecule has 36 heavy (non-hydrogen) atoms. The summed E-state index contributed by atoms with van der Waals surface area (Å²) >= 11 is 0. The van der Waals surface area contributed by atoms with Crippen LogP contribution in [0, 0.1) is 12.7 Å². The molecular formula is C29H33FN2O3S. The van der Waals surface area contributed by atoms with Crippen LogP contribution in [0.5, 0.6) is 0 Å². The van der Waals surface area contributed by atoms with E-state index in [1.54, 1.807) is 29.6 Å². The van der Waals surface area contributed by atoms with Crippen molar-refractivity contribution in [2.45, 2.75) is 42.7 Å². The average Bonchev–Trinajstić information content (AvgIpc) is 2.85. The van der Waals surface area contributed by atoms with E-state index >= 15 is 0 Å². The van der Waals surface area contributed by atoms with E-state index in [0.717, 1.165) is 41.6 Å². The highest BCUT2D eigenvalue weighted by Gasteiger charge is 2.50. The number of hydrogen-bond donors (Lipinski definition) is 0. The normalized spacial score (nSPS) is 23.4. The van der Waals surface area contributed by atoms with E-state index in [4.69, 9.17) is 4.74 Å². The number of sulfonamides is 1. The molecule has 0 amide bonds. The zero-order chi connectivity index (χ0) is 25.3. The minimum atomic E-state index is -3.60. The number of rotatable bonds is 6. The van der Waals surface area contributed by atoms with Gasteiger partial charge in [-0.15, -0.1) is 0 Å². The lowest BCUT2D eigenvalue weighted by molar-refractivity contribution is -0.0635. The largest absolute Gasteiger partial charge is 0.383 e. The molecule has 2 aliphatic rings. The van der Waals surface area contributed by atoms with Crippen LogP contribution in [-0.2, 0) is 14.8 Å². The summed E-state index contributed by atoms with van der Waals surface area (Å²) in [4.78, 5) is 2.81. The Kier molecular flexibility index (Phi) is 7.26. The van der Waals surface area contributed by atoms with Gasteiger partial charge in [0.05, 0.1) is 11.5 Å². The van der Waals surface area contributed by atoms with E-state index in [9.17, 15) is 12.8 Å². The lowest BCUT2D eigenvalue weighted by Gasteiger charge is -2.57. The Labute approximate surface area is 213 Å². The van der Waals surface area contributed by atoms with Gasteiger partial charge in [-0.05, 0) is 66.8 Å². The van der Waals surface area contributed by atoms with E-state index < -0.39 is 10.0 Å². The molecule has 0 aromatic heterocycles. The molecule has 0 N–H and O–H groups in total. The zero-order valence-electron chi connectivity index (χ0n) is 20.8. The van der Waals surface area contributed by atoms with Crippen molar-refractivity contribution >= 4 is 10.0 Å². The van der Waals surface area contributed by atoms with Crippen molar-refractivity contribution < 1.29 is 17.5 Å². The van der Waals surface area contributed by atoms with Crippen LogP contribution in [0.3, 0.4) is 0 Å². The van der Waals surface area contributed by atoms with Gasteiger partial charge in [0.2, 0.25) is 10.0 Å². The first-order chi connectivity index (χ1) is 17.4. The number of nitrogens with zero attached hydrogens (tertiary/aromatic N) is 2. The minimum absolute atomic E-state index is 0.0734. The molecule has 2 aliphatic heterocycles. The molecule has 0 bridgehead atoms. The molecule has 3 aromatic rings. The monoisotopic (exact) mass is 508 g/mol. The predicted molar refractivity (Wildman–Crippen MR) is 140 cm³/mol. The van der Waals surface area contributed by atoms with Crippen LogP contribution in [0.25, 0.3) is 11.1 Å². The Balaban J connectivity index is 1.45. The van der Waals surface area contributed by atoms with Gasteiger partial charge in [-0.1, -0.05) is 54.6 Å². The molecule has 2 fully saturated rings. The number of hydrogen-bond acceptors (Lipinski definition) is 4. The van der Waals surface area contributed by atoms with Crippen molar-refractivity contribution in [2.24, 2.45) is 0 Å². The first-order valence-electron chi connectivity index (χ1n) is 12.6. The molecule has 5 rings (SSSR count). The summed E-state index contributed by atoms with van der Waals surface area (Å²) in [5.41, 5.74) is 3.73. The van der Waals surface area contributed by atoms with Crippen molar-refractivity contribution in [1.29, 1.82) is 0 Å². The summed E-state index contributed by atoms with van der Waals surface area (Å²) in [6.45, 7) is 4.37. The van der Waals surface area contributed by atoms with E-state index in [2.05, 4.69) is 17.0 Å². The number of ether oxygens (including phenoxy) is 1. The predicted octanol–water partition coefficient (Wildman–Crippen LogP) is 5.07. The fourth-order valence-electron chi connectivity index (χ4n) is 5.83. The van der Waals surface area contributed by atoms with E-state index in [1.807, 2.05) is 37.3 Å². The third kappa shape index (κ3) is 4.73. The fourth-order valence-corrected chi connectivity index (χ4v) is 7.55. The topological polar surface area (TPSA) is 49.9 Å². The molecule has 0 saturated carbocycles. The molecule has 3 atom stereocenters. The quantitative estimate of drug-likeness (QED) is 0.467. The molecular weight excluding hydrogens is 475 g/mol. The molecule has 2 saturated heterocycles. The summed E-state index contributed by atoms with van der Waals surface area (Å²) in [6, 6.07) is 22.4. The van der Waals surface area contributed by atoms with Crippen molar-refractivity contribution in [1.82, 2.24) is 9.21 Å². The smallest absolute Gasteiger partial charge is 0.243 e. The maximum absolute atomic E-state index is 13.7. The molecule has 3 aromatic carbocycles. The SMILES string of the molecule is COC[C@@H]1C(c2ccc(-c3cccc(F)c3)cc2)[C@@H]2CN(S(=O)(=O)c3ccccc3C)CCCCN12. The molecule has 0 aliphatic carbocycles. The van der Waals surface area contributed by atoms with Gasteiger partial charge < -0.3 is 4.74 Å².